The Morgan fingerprint density at radius 3 is 2.73 bits per heavy atom. The van der Waals surface area contributed by atoms with Crippen molar-refractivity contribution in [2.24, 2.45) is 5.73 Å². The number of aryl methyl sites for hydroxylation is 1. The zero-order valence-electron chi connectivity index (χ0n) is 6.68. The molecule has 0 saturated carbocycles. The normalized spacial score (nSPS) is 13.4. The van der Waals surface area contributed by atoms with E-state index in [1.165, 1.54) is 0 Å². The van der Waals surface area contributed by atoms with E-state index in [-0.39, 0.29) is 11.6 Å². The number of aromatic nitrogens is 1. The number of H-pyrrole nitrogens is 1. The van der Waals surface area contributed by atoms with E-state index in [0.29, 0.717) is 17.7 Å². The molecule has 0 aliphatic rings. The molecule has 1 aromatic heterocycles. The summed E-state index contributed by atoms with van der Waals surface area (Å²) in [6, 6.07) is -0.00704. The molecule has 1 atom stereocenters. The van der Waals surface area contributed by atoms with E-state index < -0.39 is 0 Å². The van der Waals surface area contributed by atoms with Crippen molar-refractivity contribution >= 4 is 0 Å². The van der Waals surface area contributed by atoms with Crippen LogP contribution in [0.1, 0.15) is 18.2 Å². The maximum atomic E-state index is 11.0. The predicted molar refractivity (Wildman–Crippen MR) is 41.4 cm³/mol. The first-order chi connectivity index (χ1) is 5.11. The number of nitrogens with one attached hydrogen (secondary N) is 1. The second-order valence-electron chi connectivity index (χ2n) is 2.75. The van der Waals surface area contributed by atoms with Crippen LogP contribution >= 0.6 is 0 Å². The number of hydrogen-bond acceptors (Lipinski definition) is 3. The second-order valence-corrected chi connectivity index (χ2v) is 2.75. The van der Waals surface area contributed by atoms with E-state index in [9.17, 15) is 4.79 Å². The first kappa shape index (κ1) is 8.07. The van der Waals surface area contributed by atoms with Crippen LogP contribution in [-0.4, -0.2) is 11.2 Å². The van der Waals surface area contributed by atoms with Gasteiger partial charge >= 0.3 is 0 Å². The molecule has 1 unspecified atom stereocenters. The van der Waals surface area contributed by atoms with E-state index in [4.69, 9.17) is 10.3 Å². The van der Waals surface area contributed by atoms with Crippen LogP contribution in [0, 0.1) is 6.92 Å². The van der Waals surface area contributed by atoms with Crippen LogP contribution in [0.4, 0.5) is 0 Å². The maximum Gasteiger partial charge on any atom is 0.283 e. The van der Waals surface area contributed by atoms with Gasteiger partial charge in [-0.2, -0.15) is 5.16 Å². The summed E-state index contributed by atoms with van der Waals surface area (Å²) >= 11 is 0. The highest BCUT2D eigenvalue weighted by Gasteiger charge is 2.09. The minimum Gasteiger partial charge on any atom is -0.384 e. The minimum absolute atomic E-state index is 0.00704. The number of rotatable bonds is 2. The van der Waals surface area contributed by atoms with Crippen molar-refractivity contribution in [3.63, 3.8) is 0 Å². The van der Waals surface area contributed by atoms with Crippen molar-refractivity contribution < 1.29 is 4.52 Å². The molecule has 3 N–H and O–H groups in total. The molecule has 1 heterocycles. The Morgan fingerprint density at radius 2 is 2.36 bits per heavy atom. The third-order valence-corrected chi connectivity index (χ3v) is 1.52. The fourth-order valence-electron chi connectivity index (χ4n) is 0.964. The van der Waals surface area contributed by atoms with Gasteiger partial charge in [0.2, 0.25) is 0 Å². The lowest BCUT2D eigenvalue weighted by Gasteiger charge is -1.99. The molecule has 11 heavy (non-hydrogen) atoms. The summed E-state index contributed by atoms with van der Waals surface area (Å²) in [6.07, 6.45) is 0.567. The number of hydrogen-bond donors (Lipinski definition) is 2. The Kier molecular flexibility index (Phi) is 2.14. The lowest BCUT2D eigenvalue weighted by atomic mass is 10.1. The monoisotopic (exact) mass is 156 g/mol. The summed E-state index contributed by atoms with van der Waals surface area (Å²) in [5.74, 6) is 0.632. The van der Waals surface area contributed by atoms with Crippen LogP contribution in [0.3, 0.4) is 0 Å². The van der Waals surface area contributed by atoms with E-state index in [1.54, 1.807) is 6.92 Å². The Hall–Kier alpha value is -1.03. The average Bonchev–Trinajstić information content (AvgIpc) is 2.18. The fraction of sp³-hybridized carbons (Fsp3) is 0.571. The van der Waals surface area contributed by atoms with Gasteiger partial charge in [0.05, 0.1) is 5.56 Å². The van der Waals surface area contributed by atoms with Gasteiger partial charge in [-0.15, -0.1) is 0 Å². The van der Waals surface area contributed by atoms with Gasteiger partial charge in [-0.25, -0.2) is 0 Å². The molecule has 0 aromatic carbocycles. The highest BCUT2D eigenvalue weighted by Crippen LogP contribution is 2.02. The average molecular weight is 156 g/mol. The topological polar surface area (TPSA) is 72.0 Å². The quantitative estimate of drug-likeness (QED) is 0.641. The molecule has 62 valence electrons. The van der Waals surface area contributed by atoms with Gasteiger partial charge in [0.1, 0.15) is 5.76 Å². The highest BCUT2D eigenvalue weighted by molar-refractivity contribution is 5.12. The number of aromatic amines is 1. The summed E-state index contributed by atoms with van der Waals surface area (Å²) in [7, 11) is 0. The highest BCUT2D eigenvalue weighted by atomic mass is 16.5. The first-order valence-electron chi connectivity index (χ1n) is 3.53. The Morgan fingerprint density at radius 1 is 1.73 bits per heavy atom. The van der Waals surface area contributed by atoms with E-state index in [1.807, 2.05) is 6.92 Å². The molecule has 1 rings (SSSR count). The second kappa shape index (κ2) is 2.92. The van der Waals surface area contributed by atoms with Crippen LogP contribution in [0.15, 0.2) is 9.32 Å². The molecule has 0 amide bonds. The molecule has 1 aromatic rings. The number of nitrogens with two attached hydrogens (primary N) is 1. The molecular weight excluding hydrogens is 144 g/mol. The van der Waals surface area contributed by atoms with Gasteiger partial charge in [-0.3, -0.25) is 4.79 Å². The van der Waals surface area contributed by atoms with Crippen molar-refractivity contribution in [1.29, 1.82) is 0 Å². The van der Waals surface area contributed by atoms with E-state index >= 15 is 0 Å². The van der Waals surface area contributed by atoms with Crippen LogP contribution in [0.25, 0.3) is 0 Å². The van der Waals surface area contributed by atoms with Crippen LogP contribution < -0.4 is 11.3 Å². The molecule has 0 aliphatic carbocycles. The summed E-state index contributed by atoms with van der Waals surface area (Å²) in [4.78, 5) is 11.0. The third kappa shape index (κ3) is 1.71. The molecular formula is C7H12N2O2. The summed E-state index contributed by atoms with van der Waals surface area (Å²) in [6.45, 7) is 3.60. The van der Waals surface area contributed by atoms with Gasteiger partial charge in [0, 0.05) is 6.04 Å². The molecule has 0 fully saturated rings. The van der Waals surface area contributed by atoms with E-state index in [2.05, 4.69) is 5.16 Å². The van der Waals surface area contributed by atoms with Crippen LogP contribution in [0.2, 0.25) is 0 Å². The van der Waals surface area contributed by atoms with Gasteiger partial charge in [-0.05, 0) is 20.3 Å². The van der Waals surface area contributed by atoms with Crippen molar-refractivity contribution in [1.82, 2.24) is 5.16 Å². The SMILES string of the molecule is Cc1o[nH]c(=O)c1CC(C)N. The Bertz CT molecular complexity index is 285. The zero-order chi connectivity index (χ0) is 8.43. The fourth-order valence-corrected chi connectivity index (χ4v) is 0.964. The summed E-state index contributed by atoms with van der Waals surface area (Å²) in [5, 5.41) is 2.26. The largest absolute Gasteiger partial charge is 0.384 e. The molecule has 0 aliphatic heterocycles. The van der Waals surface area contributed by atoms with Crippen LogP contribution in [-0.2, 0) is 6.42 Å². The zero-order valence-corrected chi connectivity index (χ0v) is 6.68. The summed E-state index contributed by atoms with van der Waals surface area (Å²) < 4.78 is 4.80. The lowest BCUT2D eigenvalue weighted by Crippen LogP contribution is -2.21. The maximum absolute atomic E-state index is 11.0. The van der Waals surface area contributed by atoms with Crippen molar-refractivity contribution in [3.05, 3.63) is 21.7 Å². The van der Waals surface area contributed by atoms with Gasteiger partial charge in [0.15, 0.2) is 0 Å². The Balaban J connectivity index is 2.92. The van der Waals surface area contributed by atoms with Crippen LogP contribution in [0.5, 0.6) is 0 Å². The van der Waals surface area contributed by atoms with Crippen molar-refractivity contribution in [2.45, 2.75) is 26.3 Å². The van der Waals surface area contributed by atoms with Crippen molar-refractivity contribution in [2.75, 3.05) is 0 Å². The van der Waals surface area contributed by atoms with Gasteiger partial charge in [0.25, 0.3) is 5.56 Å². The molecule has 0 saturated heterocycles. The molecule has 0 bridgehead atoms. The Labute approximate surface area is 64.4 Å². The summed E-state index contributed by atoms with van der Waals surface area (Å²) in [5.41, 5.74) is 6.01. The molecule has 0 radical (unpaired) electrons. The minimum atomic E-state index is -0.167. The molecule has 4 heteroatoms. The smallest absolute Gasteiger partial charge is 0.283 e. The molecule has 0 spiro atoms. The predicted octanol–water partition coefficient (Wildman–Crippen LogP) is 0.166. The van der Waals surface area contributed by atoms with E-state index in [0.717, 1.165) is 0 Å². The first-order valence-corrected chi connectivity index (χ1v) is 3.53. The van der Waals surface area contributed by atoms with Gasteiger partial charge in [-0.1, -0.05) is 0 Å². The standard InChI is InChI=1S/C7H12N2O2/c1-4(8)3-6-5(2)11-9-7(6)10/h4H,3,8H2,1-2H3,(H,9,10). The molecule has 4 nitrogen and oxygen atoms in total. The van der Waals surface area contributed by atoms with Gasteiger partial charge < -0.3 is 10.3 Å². The lowest BCUT2D eigenvalue weighted by molar-refractivity contribution is 0.391. The van der Waals surface area contributed by atoms with Crippen molar-refractivity contribution in [3.8, 4) is 0 Å². The third-order valence-electron chi connectivity index (χ3n) is 1.52.